The van der Waals surface area contributed by atoms with Crippen LogP contribution in [-0.2, 0) is 0 Å². The highest BCUT2D eigenvalue weighted by Crippen LogP contribution is 2.13. The van der Waals surface area contributed by atoms with Gasteiger partial charge in [0, 0.05) is 11.4 Å². The predicted molar refractivity (Wildman–Crippen MR) is 59.7 cm³/mol. The Bertz CT molecular complexity index is 529. The van der Waals surface area contributed by atoms with Gasteiger partial charge in [-0.1, -0.05) is 0 Å². The first-order valence-corrected chi connectivity index (χ1v) is 4.74. The lowest BCUT2D eigenvalue weighted by atomic mass is 10.3. The number of hydrogen-bond donors (Lipinski definition) is 2. The van der Waals surface area contributed by atoms with Crippen LogP contribution in [0.3, 0.4) is 0 Å². The average Bonchev–Trinajstić information content (AvgIpc) is 2.62. The molecule has 1 aromatic heterocycles. The van der Waals surface area contributed by atoms with Gasteiger partial charge in [0.25, 0.3) is 0 Å². The molecular formula is C11H11N3O2. The summed E-state index contributed by atoms with van der Waals surface area (Å²) in [5.41, 5.74) is 7.82. The van der Waals surface area contributed by atoms with E-state index in [9.17, 15) is 4.79 Å². The van der Waals surface area contributed by atoms with Gasteiger partial charge in [-0.3, -0.25) is 0 Å². The fraction of sp³-hybridized carbons (Fsp3) is 0.0909. The van der Waals surface area contributed by atoms with Crippen LogP contribution in [0.4, 0.5) is 5.69 Å². The molecule has 0 saturated carbocycles. The van der Waals surface area contributed by atoms with Crippen molar-refractivity contribution in [3.63, 3.8) is 0 Å². The van der Waals surface area contributed by atoms with Crippen molar-refractivity contribution in [3.8, 4) is 5.69 Å². The molecule has 0 atom stereocenters. The first-order chi connectivity index (χ1) is 7.58. The number of nitrogen functional groups attached to an aromatic ring is 1. The Kier molecular flexibility index (Phi) is 2.36. The minimum atomic E-state index is -1.03. The minimum absolute atomic E-state index is 0.0364. The molecule has 1 aromatic carbocycles. The number of carbonyl (C=O) groups is 1. The number of aromatic nitrogens is 2. The second kappa shape index (κ2) is 3.69. The van der Waals surface area contributed by atoms with Crippen molar-refractivity contribution in [1.82, 2.24) is 9.78 Å². The van der Waals surface area contributed by atoms with Gasteiger partial charge in [-0.15, -0.1) is 0 Å². The molecule has 0 amide bonds. The Balaban J connectivity index is 2.47. The van der Waals surface area contributed by atoms with Gasteiger partial charge in [0.15, 0.2) is 5.69 Å². The maximum atomic E-state index is 10.8. The second-order valence-corrected chi connectivity index (χ2v) is 3.48. The number of nitrogens with zero attached hydrogens (tertiary/aromatic N) is 2. The van der Waals surface area contributed by atoms with Crippen LogP contribution < -0.4 is 5.73 Å². The maximum Gasteiger partial charge on any atom is 0.356 e. The van der Waals surface area contributed by atoms with Gasteiger partial charge in [0.05, 0.1) is 5.69 Å². The summed E-state index contributed by atoms with van der Waals surface area (Å²) in [4.78, 5) is 10.8. The third kappa shape index (κ3) is 1.75. The Hall–Kier alpha value is -2.30. The van der Waals surface area contributed by atoms with E-state index in [1.54, 1.807) is 35.9 Å². The molecule has 16 heavy (non-hydrogen) atoms. The highest BCUT2D eigenvalue weighted by atomic mass is 16.4. The molecule has 0 aliphatic heterocycles. The highest BCUT2D eigenvalue weighted by Gasteiger charge is 2.11. The standard InChI is InChI=1S/C11H11N3O2/c1-7-6-10(11(15)16)13-14(7)9-4-2-8(12)3-5-9/h2-6H,12H2,1H3,(H,15,16). The SMILES string of the molecule is Cc1cc(C(=O)O)nn1-c1ccc(N)cc1. The van der Waals surface area contributed by atoms with Crippen LogP contribution in [0, 0.1) is 6.92 Å². The van der Waals surface area contributed by atoms with Crippen LogP contribution in [0.5, 0.6) is 0 Å². The second-order valence-electron chi connectivity index (χ2n) is 3.48. The van der Waals surface area contributed by atoms with E-state index in [0.717, 1.165) is 11.4 Å². The zero-order chi connectivity index (χ0) is 11.7. The molecule has 3 N–H and O–H groups in total. The largest absolute Gasteiger partial charge is 0.476 e. The summed E-state index contributed by atoms with van der Waals surface area (Å²) in [7, 11) is 0. The first-order valence-electron chi connectivity index (χ1n) is 4.74. The molecule has 0 saturated heterocycles. The Morgan fingerprint density at radius 1 is 1.38 bits per heavy atom. The molecule has 0 fully saturated rings. The molecule has 1 heterocycles. The average molecular weight is 217 g/mol. The van der Waals surface area contributed by atoms with Crippen molar-refractivity contribution in [2.75, 3.05) is 5.73 Å². The zero-order valence-electron chi connectivity index (χ0n) is 8.71. The molecule has 0 unspecified atom stereocenters. The van der Waals surface area contributed by atoms with Crippen molar-refractivity contribution < 1.29 is 9.90 Å². The normalized spacial score (nSPS) is 10.3. The van der Waals surface area contributed by atoms with E-state index >= 15 is 0 Å². The van der Waals surface area contributed by atoms with Crippen molar-refractivity contribution in [1.29, 1.82) is 0 Å². The molecular weight excluding hydrogens is 206 g/mol. The summed E-state index contributed by atoms with van der Waals surface area (Å²) < 4.78 is 1.57. The number of carboxylic acids is 1. The van der Waals surface area contributed by atoms with E-state index in [0.29, 0.717) is 5.69 Å². The molecule has 82 valence electrons. The van der Waals surface area contributed by atoms with E-state index in [-0.39, 0.29) is 5.69 Å². The number of benzene rings is 1. The van der Waals surface area contributed by atoms with Crippen molar-refractivity contribution >= 4 is 11.7 Å². The number of hydrogen-bond acceptors (Lipinski definition) is 3. The van der Waals surface area contributed by atoms with Crippen molar-refractivity contribution in [2.24, 2.45) is 0 Å². The van der Waals surface area contributed by atoms with Gasteiger partial charge in [0.2, 0.25) is 0 Å². The van der Waals surface area contributed by atoms with E-state index in [2.05, 4.69) is 5.10 Å². The summed E-state index contributed by atoms with van der Waals surface area (Å²) >= 11 is 0. The predicted octanol–water partition coefficient (Wildman–Crippen LogP) is 1.46. The van der Waals surface area contributed by atoms with Gasteiger partial charge in [0.1, 0.15) is 0 Å². The fourth-order valence-corrected chi connectivity index (χ4v) is 1.46. The molecule has 2 rings (SSSR count). The fourth-order valence-electron chi connectivity index (χ4n) is 1.46. The molecule has 0 aliphatic rings. The molecule has 0 radical (unpaired) electrons. The van der Waals surface area contributed by atoms with Crippen LogP contribution in [0.15, 0.2) is 30.3 Å². The van der Waals surface area contributed by atoms with E-state index in [1.165, 1.54) is 6.07 Å². The monoisotopic (exact) mass is 217 g/mol. The minimum Gasteiger partial charge on any atom is -0.476 e. The number of rotatable bonds is 2. The van der Waals surface area contributed by atoms with Crippen LogP contribution in [0.2, 0.25) is 0 Å². The number of aryl methyl sites for hydroxylation is 1. The molecule has 5 heteroatoms. The molecule has 0 aliphatic carbocycles. The molecule has 2 aromatic rings. The molecule has 0 spiro atoms. The topological polar surface area (TPSA) is 81.1 Å². The van der Waals surface area contributed by atoms with Gasteiger partial charge in [-0.25, -0.2) is 9.48 Å². The van der Waals surface area contributed by atoms with E-state index in [1.807, 2.05) is 0 Å². The summed E-state index contributed by atoms with van der Waals surface area (Å²) in [6.45, 7) is 1.80. The molecule has 5 nitrogen and oxygen atoms in total. The van der Waals surface area contributed by atoms with Crippen LogP contribution in [0.1, 0.15) is 16.2 Å². The summed E-state index contributed by atoms with van der Waals surface area (Å²) in [5.74, 6) is -1.03. The van der Waals surface area contributed by atoms with Crippen LogP contribution >= 0.6 is 0 Å². The van der Waals surface area contributed by atoms with Crippen LogP contribution in [-0.4, -0.2) is 20.9 Å². The van der Waals surface area contributed by atoms with Crippen molar-refractivity contribution in [3.05, 3.63) is 41.7 Å². The lowest BCUT2D eigenvalue weighted by Gasteiger charge is -2.03. The highest BCUT2D eigenvalue weighted by molar-refractivity contribution is 5.85. The first kappa shape index (κ1) is 10.2. The number of nitrogens with two attached hydrogens (primary N) is 1. The number of aromatic carboxylic acids is 1. The Morgan fingerprint density at radius 2 is 2.00 bits per heavy atom. The quantitative estimate of drug-likeness (QED) is 0.746. The number of anilines is 1. The lowest BCUT2D eigenvalue weighted by Crippen LogP contribution is -2.02. The molecule has 0 bridgehead atoms. The summed E-state index contributed by atoms with van der Waals surface area (Å²) in [6, 6.07) is 8.61. The van der Waals surface area contributed by atoms with Crippen LogP contribution in [0.25, 0.3) is 5.69 Å². The maximum absolute atomic E-state index is 10.8. The van der Waals surface area contributed by atoms with E-state index < -0.39 is 5.97 Å². The smallest absolute Gasteiger partial charge is 0.356 e. The Labute approximate surface area is 92.1 Å². The lowest BCUT2D eigenvalue weighted by molar-refractivity contribution is 0.0690. The third-order valence-corrected chi connectivity index (χ3v) is 2.24. The zero-order valence-corrected chi connectivity index (χ0v) is 8.71. The van der Waals surface area contributed by atoms with E-state index in [4.69, 9.17) is 10.8 Å². The summed E-state index contributed by atoms with van der Waals surface area (Å²) in [6.07, 6.45) is 0. The van der Waals surface area contributed by atoms with Gasteiger partial charge >= 0.3 is 5.97 Å². The van der Waals surface area contributed by atoms with Gasteiger partial charge in [-0.2, -0.15) is 5.10 Å². The van der Waals surface area contributed by atoms with Gasteiger partial charge < -0.3 is 10.8 Å². The van der Waals surface area contributed by atoms with Gasteiger partial charge in [-0.05, 0) is 37.3 Å². The Morgan fingerprint density at radius 3 is 2.50 bits per heavy atom. The van der Waals surface area contributed by atoms with Crippen molar-refractivity contribution in [2.45, 2.75) is 6.92 Å². The third-order valence-electron chi connectivity index (χ3n) is 2.24. The number of carboxylic acid groups (broad SMARTS) is 1. The summed E-state index contributed by atoms with van der Waals surface area (Å²) in [5, 5.41) is 12.8.